The molecule has 1 amide bonds. The van der Waals surface area contributed by atoms with Crippen molar-refractivity contribution in [3.63, 3.8) is 0 Å². The first-order valence-electron chi connectivity index (χ1n) is 5.85. The Labute approximate surface area is 117 Å². The second kappa shape index (κ2) is 6.29. The number of hydrogen-bond acceptors (Lipinski definition) is 3. The van der Waals surface area contributed by atoms with Crippen LogP contribution in [0.4, 0.5) is 0 Å². The topological polar surface area (TPSA) is 45.2 Å². The Morgan fingerprint density at radius 3 is 2.72 bits per heavy atom. The molecule has 0 saturated heterocycles. The zero-order valence-corrected chi connectivity index (χ0v) is 12.9. The molecule has 4 nitrogen and oxygen atoms in total. The Morgan fingerprint density at radius 2 is 2.17 bits per heavy atom. The van der Waals surface area contributed by atoms with Crippen molar-refractivity contribution < 1.29 is 4.79 Å². The number of hydrogen-bond donors (Lipinski definition) is 1. The number of rotatable bonds is 5. The highest BCUT2D eigenvalue weighted by Crippen LogP contribution is 2.16. The van der Waals surface area contributed by atoms with Crippen molar-refractivity contribution in [2.75, 3.05) is 27.2 Å². The van der Waals surface area contributed by atoms with Gasteiger partial charge in [0.1, 0.15) is 4.60 Å². The van der Waals surface area contributed by atoms with Crippen LogP contribution < -0.4 is 5.32 Å². The van der Waals surface area contributed by atoms with E-state index in [9.17, 15) is 4.79 Å². The first kappa shape index (κ1) is 15.1. The summed E-state index contributed by atoms with van der Waals surface area (Å²) in [6, 6.07) is 3.51. The number of carbonyl (C=O) groups excluding carboxylic acids is 1. The molecule has 0 bridgehead atoms. The van der Waals surface area contributed by atoms with Crippen LogP contribution in [0.1, 0.15) is 24.2 Å². The number of nitrogens with one attached hydrogen (secondary N) is 1. The van der Waals surface area contributed by atoms with E-state index in [2.05, 4.69) is 45.0 Å². The Balaban J connectivity index is 2.59. The fraction of sp³-hybridized carbons (Fsp3) is 0.538. The molecular weight excluding hydrogens is 294 g/mol. The molecular formula is C13H20BrN3O. The van der Waals surface area contributed by atoms with E-state index in [-0.39, 0.29) is 11.3 Å². The first-order chi connectivity index (χ1) is 8.32. The number of amides is 1. The van der Waals surface area contributed by atoms with Crippen molar-refractivity contribution in [2.24, 2.45) is 5.41 Å². The third-order valence-electron chi connectivity index (χ3n) is 2.48. The fourth-order valence-electron chi connectivity index (χ4n) is 1.88. The summed E-state index contributed by atoms with van der Waals surface area (Å²) in [4.78, 5) is 18.2. The second-order valence-electron chi connectivity index (χ2n) is 5.43. The molecule has 0 spiro atoms. The molecule has 1 aromatic rings. The molecule has 0 unspecified atom stereocenters. The summed E-state index contributed by atoms with van der Waals surface area (Å²) in [6.07, 6.45) is 1.65. The zero-order chi connectivity index (χ0) is 13.8. The molecule has 0 atom stereocenters. The van der Waals surface area contributed by atoms with Crippen molar-refractivity contribution in [3.8, 4) is 0 Å². The minimum absolute atomic E-state index is 0.0356. The van der Waals surface area contributed by atoms with Crippen molar-refractivity contribution in [1.82, 2.24) is 15.2 Å². The number of carbonyl (C=O) groups is 1. The fourth-order valence-corrected chi connectivity index (χ4v) is 2.31. The molecule has 0 fully saturated rings. The SMILES string of the molecule is CN(C)CC(C)(C)CNC(=O)c1cccnc1Br. The van der Waals surface area contributed by atoms with Gasteiger partial charge in [-0.3, -0.25) is 4.79 Å². The van der Waals surface area contributed by atoms with Crippen molar-refractivity contribution >= 4 is 21.8 Å². The van der Waals surface area contributed by atoms with E-state index < -0.39 is 0 Å². The third-order valence-corrected chi connectivity index (χ3v) is 3.11. The van der Waals surface area contributed by atoms with Gasteiger partial charge in [-0.05, 0) is 47.6 Å². The quantitative estimate of drug-likeness (QED) is 0.847. The first-order valence-corrected chi connectivity index (χ1v) is 6.64. The maximum absolute atomic E-state index is 12.0. The maximum atomic E-state index is 12.0. The standard InChI is InChI=1S/C13H20BrN3O/c1-13(2,9-17(3)4)8-16-12(18)10-6-5-7-15-11(10)14/h5-7H,8-9H2,1-4H3,(H,16,18). The van der Waals surface area contributed by atoms with Crippen molar-refractivity contribution in [3.05, 3.63) is 28.5 Å². The number of aromatic nitrogens is 1. The lowest BCUT2D eigenvalue weighted by Gasteiger charge is -2.28. The van der Waals surface area contributed by atoms with E-state index in [1.54, 1.807) is 18.3 Å². The summed E-state index contributed by atoms with van der Waals surface area (Å²) in [5.41, 5.74) is 0.603. The lowest BCUT2D eigenvalue weighted by Crippen LogP contribution is -2.40. The van der Waals surface area contributed by atoms with Crippen LogP contribution in [0.3, 0.4) is 0 Å². The van der Waals surface area contributed by atoms with E-state index in [0.29, 0.717) is 16.7 Å². The van der Waals surface area contributed by atoms with Crippen LogP contribution in [0.2, 0.25) is 0 Å². The van der Waals surface area contributed by atoms with Crippen LogP contribution in [0.5, 0.6) is 0 Å². The smallest absolute Gasteiger partial charge is 0.254 e. The van der Waals surface area contributed by atoms with Gasteiger partial charge in [0, 0.05) is 19.3 Å². The lowest BCUT2D eigenvalue weighted by molar-refractivity contribution is 0.0928. The molecule has 18 heavy (non-hydrogen) atoms. The van der Waals surface area contributed by atoms with Crippen LogP contribution in [0.25, 0.3) is 0 Å². The lowest BCUT2D eigenvalue weighted by atomic mass is 9.93. The Bertz CT molecular complexity index is 418. The van der Waals surface area contributed by atoms with Gasteiger partial charge in [-0.25, -0.2) is 4.98 Å². The summed E-state index contributed by atoms with van der Waals surface area (Å²) < 4.78 is 0.577. The predicted octanol–water partition coefficient (Wildman–Crippen LogP) is 2.16. The zero-order valence-electron chi connectivity index (χ0n) is 11.3. The van der Waals surface area contributed by atoms with Gasteiger partial charge in [0.2, 0.25) is 0 Å². The van der Waals surface area contributed by atoms with E-state index in [0.717, 1.165) is 6.54 Å². The monoisotopic (exact) mass is 313 g/mol. The molecule has 1 heterocycles. The Morgan fingerprint density at radius 1 is 1.50 bits per heavy atom. The van der Waals surface area contributed by atoms with Gasteiger partial charge in [0.15, 0.2) is 0 Å². The highest BCUT2D eigenvalue weighted by atomic mass is 79.9. The average molecular weight is 314 g/mol. The van der Waals surface area contributed by atoms with Crippen molar-refractivity contribution in [1.29, 1.82) is 0 Å². The van der Waals surface area contributed by atoms with Gasteiger partial charge in [0.05, 0.1) is 5.56 Å². The van der Waals surface area contributed by atoms with E-state index in [1.807, 2.05) is 14.1 Å². The molecule has 1 aromatic heterocycles. The van der Waals surface area contributed by atoms with Crippen LogP contribution in [0.15, 0.2) is 22.9 Å². The largest absolute Gasteiger partial charge is 0.351 e. The van der Waals surface area contributed by atoms with Crippen LogP contribution in [-0.4, -0.2) is 43.0 Å². The van der Waals surface area contributed by atoms with E-state index >= 15 is 0 Å². The summed E-state index contributed by atoms with van der Waals surface area (Å²) in [5, 5.41) is 2.95. The molecule has 5 heteroatoms. The second-order valence-corrected chi connectivity index (χ2v) is 6.18. The minimum Gasteiger partial charge on any atom is -0.351 e. The third kappa shape index (κ3) is 4.74. The molecule has 0 aliphatic rings. The maximum Gasteiger partial charge on any atom is 0.254 e. The van der Waals surface area contributed by atoms with E-state index in [1.165, 1.54) is 0 Å². The number of nitrogens with zero attached hydrogens (tertiary/aromatic N) is 2. The highest BCUT2D eigenvalue weighted by molar-refractivity contribution is 9.10. The van der Waals surface area contributed by atoms with Gasteiger partial charge in [0.25, 0.3) is 5.91 Å². The van der Waals surface area contributed by atoms with Crippen LogP contribution >= 0.6 is 15.9 Å². The van der Waals surface area contributed by atoms with Gasteiger partial charge in [-0.2, -0.15) is 0 Å². The average Bonchev–Trinajstić information content (AvgIpc) is 2.25. The normalized spacial score (nSPS) is 11.7. The molecule has 100 valence electrons. The highest BCUT2D eigenvalue weighted by Gasteiger charge is 2.20. The van der Waals surface area contributed by atoms with Gasteiger partial charge in [-0.1, -0.05) is 13.8 Å². The number of pyridine rings is 1. The molecule has 0 saturated carbocycles. The van der Waals surface area contributed by atoms with Gasteiger partial charge < -0.3 is 10.2 Å². The summed E-state index contributed by atoms with van der Waals surface area (Å²) in [5.74, 6) is -0.0955. The molecule has 0 radical (unpaired) electrons. The molecule has 1 N–H and O–H groups in total. The van der Waals surface area contributed by atoms with Gasteiger partial charge in [-0.15, -0.1) is 0 Å². The molecule has 0 aromatic carbocycles. The predicted molar refractivity (Wildman–Crippen MR) is 76.6 cm³/mol. The Hall–Kier alpha value is -0.940. The number of halogens is 1. The Kier molecular flexibility index (Phi) is 5.28. The molecule has 0 aliphatic carbocycles. The van der Waals surface area contributed by atoms with E-state index in [4.69, 9.17) is 0 Å². The summed E-state index contributed by atoms with van der Waals surface area (Å²) in [7, 11) is 4.06. The van der Waals surface area contributed by atoms with Crippen LogP contribution in [0, 0.1) is 5.41 Å². The molecule has 1 rings (SSSR count). The van der Waals surface area contributed by atoms with Crippen molar-refractivity contribution in [2.45, 2.75) is 13.8 Å². The van der Waals surface area contributed by atoms with Crippen LogP contribution in [-0.2, 0) is 0 Å². The summed E-state index contributed by atoms with van der Waals surface area (Å²) >= 11 is 3.28. The molecule has 0 aliphatic heterocycles. The van der Waals surface area contributed by atoms with Gasteiger partial charge >= 0.3 is 0 Å². The minimum atomic E-state index is -0.0955. The summed E-state index contributed by atoms with van der Waals surface area (Å²) in [6.45, 7) is 5.81.